The second-order valence-electron chi connectivity index (χ2n) is 5.30. The number of guanidine groups is 1. The predicted octanol–water partition coefficient (Wildman–Crippen LogP) is 0.466. The predicted molar refractivity (Wildman–Crippen MR) is 90.0 cm³/mol. The molecule has 2 fully saturated rings. The lowest BCUT2D eigenvalue weighted by Gasteiger charge is -2.31. The number of rotatable bonds is 5. The summed E-state index contributed by atoms with van der Waals surface area (Å²) >= 11 is 0. The fourth-order valence-corrected chi connectivity index (χ4v) is 2.44. The zero-order valence-electron chi connectivity index (χ0n) is 12.7. The topological polar surface area (TPSA) is 87.3 Å². The van der Waals surface area contributed by atoms with Gasteiger partial charge in [0.15, 0.2) is 11.7 Å². The monoisotopic (exact) mass is 415 g/mol. The van der Waals surface area contributed by atoms with Crippen molar-refractivity contribution in [3.63, 3.8) is 0 Å². The van der Waals surface area contributed by atoms with Gasteiger partial charge in [0.2, 0.25) is 0 Å². The van der Waals surface area contributed by atoms with E-state index in [1.165, 1.54) is 0 Å². The van der Waals surface area contributed by atoms with Gasteiger partial charge in [-0.1, -0.05) is 0 Å². The van der Waals surface area contributed by atoms with Crippen LogP contribution in [0.5, 0.6) is 0 Å². The molecule has 1 spiro atoms. The molecular weight excluding hydrogens is 389 g/mol. The molecule has 2 atom stereocenters. The number of aliphatic imine (C=N–C) groups is 1. The first-order valence-corrected chi connectivity index (χ1v) is 7.08. The number of nitrogens with zero attached hydrogens (tertiary/aromatic N) is 1. The van der Waals surface area contributed by atoms with Crippen LogP contribution < -0.4 is 11.1 Å². The third-order valence-electron chi connectivity index (χ3n) is 3.44. The van der Waals surface area contributed by atoms with E-state index >= 15 is 0 Å². The highest BCUT2D eigenvalue weighted by Gasteiger charge is 2.42. The maximum atomic E-state index is 5.98. The van der Waals surface area contributed by atoms with E-state index in [0.717, 1.165) is 12.8 Å². The van der Waals surface area contributed by atoms with Gasteiger partial charge in [-0.05, 0) is 6.92 Å². The van der Waals surface area contributed by atoms with Gasteiger partial charge in [0.25, 0.3) is 0 Å². The summed E-state index contributed by atoms with van der Waals surface area (Å²) in [6.45, 7) is 5.01. The van der Waals surface area contributed by atoms with E-state index in [2.05, 4.69) is 10.3 Å². The first kappa shape index (κ1) is 18.9. The van der Waals surface area contributed by atoms with Gasteiger partial charge < -0.3 is 30.0 Å². The molecule has 0 aromatic heterocycles. The Morgan fingerprint density at radius 1 is 1.48 bits per heavy atom. The minimum Gasteiger partial charge on any atom is -0.383 e. The fraction of sp³-hybridized carbons (Fsp3) is 0.923. The quantitative estimate of drug-likeness (QED) is 0.386. The molecule has 0 aromatic rings. The van der Waals surface area contributed by atoms with Crippen molar-refractivity contribution in [2.24, 2.45) is 10.7 Å². The molecule has 2 aliphatic rings. The molecule has 124 valence electrons. The first-order valence-electron chi connectivity index (χ1n) is 7.08. The molecule has 2 saturated heterocycles. The van der Waals surface area contributed by atoms with E-state index in [1.807, 2.05) is 6.92 Å². The van der Waals surface area contributed by atoms with Gasteiger partial charge in [-0.25, -0.2) is 0 Å². The highest BCUT2D eigenvalue weighted by Crippen LogP contribution is 2.33. The third kappa shape index (κ3) is 5.85. The molecule has 0 amide bonds. The zero-order chi connectivity index (χ0) is 14.4. The Hall–Kier alpha value is -0.160. The molecule has 2 rings (SSSR count). The minimum absolute atomic E-state index is 0. The molecule has 2 unspecified atom stereocenters. The smallest absolute Gasteiger partial charge is 0.188 e. The molecule has 3 N–H and O–H groups in total. The summed E-state index contributed by atoms with van der Waals surface area (Å²) in [6, 6.07) is 0.131. The van der Waals surface area contributed by atoms with Crippen molar-refractivity contribution in [3.05, 3.63) is 0 Å². The Balaban J connectivity index is 0.00000220. The highest BCUT2D eigenvalue weighted by atomic mass is 127. The number of hydrogen-bond acceptors (Lipinski definition) is 5. The van der Waals surface area contributed by atoms with Crippen molar-refractivity contribution in [2.45, 2.75) is 37.7 Å². The maximum Gasteiger partial charge on any atom is 0.188 e. The van der Waals surface area contributed by atoms with Crippen molar-refractivity contribution in [1.29, 1.82) is 0 Å². The maximum absolute atomic E-state index is 5.98. The molecule has 2 aliphatic heterocycles. The molecule has 0 saturated carbocycles. The van der Waals surface area contributed by atoms with Gasteiger partial charge >= 0.3 is 0 Å². The molecular formula is C13H26IN3O4. The van der Waals surface area contributed by atoms with Gasteiger partial charge in [0.1, 0.15) is 6.10 Å². The molecule has 0 aromatic carbocycles. The first-order chi connectivity index (χ1) is 9.63. The van der Waals surface area contributed by atoms with Crippen molar-refractivity contribution < 1.29 is 18.9 Å². The Labute approximate surface area is 142 Å². The Morgan fingerprint density at radius 3 is 2.86 bits per heavy atom. The average molecular weight is 415 g/mol. The van der Waals surface area contributed by atoms with Crippen LogP contribution >= 0.6 is 24.0 Å². The fourth-order valence-electron chi connectivity index (χ4n) is 2.44. The molecule has 8 heteroatoms. The van der Waals surface area contributed by atoms with Crippen LogP contribution in [-0.2, 0) is 18.9 Å². The van der Waals surface area contributed by atoms with Crippen molar-refractivity contribution in [2.75, 3.05) is 40.1 Å². The molecule has 2 heterocycles. The standard InChI is InChI=1S/C13H25N3O4.HI/c1-10(8-17-2)16-12(14)15-7-11-9-19-13(20-11)3-5-18-6-4-13;/h10-11H,3-9H2,1-2H3,(H3,14,15,16);1H. The second kappa shape index (κ2) is 9.09. The lowest BCUT2D eigenvalue weighted by Crippen LogP contribution is -2.41. The van der Waals surface area contributed by atoms with E-state index in [-0.39, 0.29) is 36.1 Å². The van der Waals surface area contributed by atoms with Crippen molar-refractivity contribution in [3.8, 4) is 0 Å². The van der Waals surface area contributed by atoms with E-state index in [1.54, 1.807) is 7.11 Å². The van der Waals surface area contributed by atoms with E-state index in [9.17, 15) is 0 Å². The van der Waals surface area contributed by atoms with Crippen LogP contribution in [0.3, 0.4) is 0 Å². The highest BCUT2D eigenvalue weighted by molar-refractivity contribution is 14.0. The molecule has 0 aliphatic carbocycles. The van der Waals surface area contributed by atoms with E-state index in [0.29, 0.717) is 38.9 Å². The summed E-state index contributed by atoms with van der Waals surface area (Å²) in [6.07, 6.45) is 1.53. The van der Waals surface area contributed by atoms with Crippen LogP contribution in [0.1, 0.15) is 19.8 Å². The second-order valence-corrected chi connectivity index (χ2v) is 5.30. The van der Waals surface area contributed by atoms with Gasteiger partial charge in [-0.15, -0.1) is 24.0 Å². The minimum atomic E-state index is -0.454. The number of nitrogens with two attached hydrogens (primary N) is 1. The molecule has 0 bridgehead atoms. The summed E-state index contributed by atoms with van der Waals surface area (Å²) in [5, 5.41) is 3.06. The number of halogens is 1. The van der Waals surface area contributed by atoms with Crippen LogP contribution in [0, 0.1) is 0 Å². The lowest BCUT2D eigenvalue weighted by atomic mass is 10.1. The van der Waals surface area contributed by atoms with Crippen LogP contribution in [0.15, 0.2) is 4.99 Å². The molecule has 0 radical (unpaired) electrons. The normalized spacial score (nSPS) is 26.4. The van der Waals surface area contributed by atoms with Crippen LogP contribution in [-0.4, -0.2) is 64.0 Å². The van der Waals surface area contributed by atoms with Crippen LogP contribution in [0.2, 0.25) is 0 Å². The summed E-state index contributed by atoms with van der Waals surface area (Å²) in [5.74, 6) is -0.0460. The summed E-state index contributed by atoms with van der Waals surface area (Å²) in [5.41, 5.74) is 5.82. The molecule has 7 nitrogen and oxygen atoms in total. The largest absolute Gasteiger partial charge is 0.383 e. The number of ether oxygens (including phenoxy) is 4. The van der Waals surface area contributed by atoms with Crippen LogP contribution in [0.25, 0.3) is 0 Å². The van der Waals surface area contributed by atoms with Crippen molar-refractivity contribution >= 4 is 29.9 Å². The lowest BCUT2D eigenvalue weighted by molar-refractivity contribution is -0.210. The number of hydrogen-bond donors (Lipinski definition) is 2. The molecule has 21 heavy (non-hydrogen) atoms. The Bertz CT molecular complexity index is 337. The van der Waals surface area contributed by atoms with Gasteiger partial charge in [0, 0.05) is 26.0 Å². The Morgan fingerprint density at radius 2 is 2.19 bits per heavy atom. The van der Waals surface area contributed by atoms with Crippen molar-refractivity contribution in [1.82, 2.24) is 5.32 Å². The van der Waals surface area contributed by atoms with Gasteiger partial charge in [0.05, 0.1) is 33.0 Å². The van der Waals surface area contributed by atoms with Gasteiger partial charge in [-0.2, -0.15) is 0 Å². The zero-order valence-corrected chi connectivity index (χ0v) is 15.0. The number of nitrogens with one attached hydrogen (secondary N) is 1. The van der Waals surface area contributed by atoms with Gasteiger partial charge in [-0.3, -0.25) is 4.99 Å². The average Bonchev–Trinajstić information content (AvgIpc) is 2.80. The van der Waals surface area contributed by atoms with Crippen LogP contribution in [0.4, 0.5) is 0 Å². The summed E-state index contributed by atoms with van der Waals surface area (Å²) < 4.78 is 22.1. The Kier molecular flexibility index (Phi) is 8.17. The van der Waals surface area contributed by atoms with E-state index in [4.69, 9.17) is 24.7 Å². The SMILES string of the molecule is COCC(C)NC(N)=NCC1COC2(CCOCC2)O1.I. The summed E-state index contributed by atoms with van der Waals surface area (Å²) in [7, 11) is 1.66. The summed E-state index contributed by atoms with van der Waals surface area (Å²) in [4.78, 5) is 4.30. The third-order valence-corrected chi connectivity index (χ3v) is 3.44. The van der Waals surface area contributed by atoms with E-state index < -0.39 is 5.79 Å². The number of methoxy groups -OCH3 is 1.